The molecular formula is C85H103Cl2N9O26. The van der Waals surface area contributed by atoms with Gasteiger partial charge in [-0.3, -0.25) is 33.6 Å². The molecule has 11 bridgehead atoms. The topological polar surface area (TPSA) is 535 Å². The largest absolute Gasteiger partial charge is 0.508 e. The fourth-order valence-electron chi connectivity index (χ4n) is 15.1. The number of carboxylic acid groups (broad SMARTS) is 1. The number of nitrogens with two attached hydrogens (primary N) is 1. The number of hydrogen-bond acceptors (Lipinski definition) is 27. The summed E-state index contributed by atoms with van der Waals surface area (Å²) < 4.78 is 52.2. The second kappa shape index (κ2) is 40.6. The minimum absolute atomic E-state index is 0.110. The van der Waals surface area contributed by atoms with Crippen LogP contribution in [0.15, 0.2) is 110 Å². The Morgan fingerprint density at radius 1 is 0.697 bits per heavy atom. The van der Waals surface area contributed by atoms with Crippen LogP contribution in [0.3, 0.4) is 0 Å². The number of carbonyl (C=O) groups excluding carboxylic acids is 7. The Balaban J connectivity index is 1.08. The lowest BCUT2D eigenvalue weighted by Gasteiger charge is -2.48. The van der Waals surface area contributed by atoms with E-state index in [1.165, 1.54) is 19.2 Å². The van der Waals surface area contributed by atoms with Gasteiger partial charge in [0.15, 0.2) is 41.4 Å². The number of benzene rings is 6. The van der Waals surface area contributed by atoms with Crippen LogP contribution < -0.4 is 72.0 Å². The van der Waals surface area contributed by atoms with E-state index in [1.54, 1.807) is 19.9 Å². The number of aliphatic hydroxyl groups excluding tert-OH is 6. The lowest BCUT2D eigenvalue weighted by molar-refractivity contribution is -0.334. The van der Waals surface area contributed by atoms with Gasteiger partial charge < -0.3 is 137 Å². The summed E-state index contributed by atoms with van der Waals surface area (Å²) in [6.07, 6.45) is -10.5. The second-order valence-corrected chi connectivity index (χ2v) is 32.1. The molecule has 2 saturated heterocycles. The van der Waals surface area contributed by atoms with Gasteiger partial charge in [0.25, 0.3) is 0 Å². The van der Waals surface area contributed by atoms with Gasteiger partial charge in [-0.25, -0.2) is 4.79 Å². The lowest BCUT2D eigenvalue weighted by Crippen LogP contribution is -2.65. The Bertz CT molecular complexity index is 4850. The van der Waals surface area contributed by atoms with E-state index in [0.29, 0.717) is 37.6 Å². The SMILES string of the molecule is C=CCCCOc1cc(CNC2(C)CC(OC3C(Oc4c5cc6cc4Oc4ccc(cc4Cl)C(O)C4NC(=O)C(NC(=O)C6NC(=O)C(CC(N)=O)NC(=O)C(NC(=O)C(CC(C)C)NC)C(O)c6ccc(c(Cl)c6)O5)c5ccc(O)c(c5)-c5c(O)cc(O)cc5C(C(=O)O)NC4=O)OC(CO)C(O)C3O)OC(C)C2O)ccc1OCCCCCCC. The number of unbranched alkanes of at least 4 members (excludes halogenated alkanes) is 5. The molecule has 658 valence electrons. The number of primary amides is 1. The van der Waals surface area contributed by atoms with Gasteiger partial charge in [-0.05, 0) is 147 Å². The maximum atomic E-state index is 16.3. The molecule has 7 aliphatic heterocycles. The molecule has 2 fully saturated rings. The molecule has 0 saturated carbocycles. The van der Waals surface area contributed by atoms with Crippen LogP contribution in [-0.2, 0) is 59.1 Å². The summed E-state index contributed by atoms with van der Waals surface area (Å²) in [6, 6.07) is 4.85. The van der Waals surface area contributed by atoms with Crippen LogP contribution in [0.5, 0.6) is 57.5 Å². The molecule has 18 atom stereocenters. The fraction of sp³-hybridized carbons (Fsp3) is 0.459. The maximum absolute atomic E-state index is 16.3. The molecule has 0 aromatic heterocycles. The molecule has 0 radical (unpaired) electrons. The Morgan fingerprint density at radius 3 is 1.98 bits per heavy atom. The summed E-state index contributed by atoms with van der Waals surface area (Å²) in [4.78, 5) is 118. The van der Waals surface area contributed by atoms with Crippen LogP contribution >= 0.6 is 23.2 Å². The van der Waals surface area contributed by atoms with Crippen LogP contribution in [0, 0.1) is 5.92 Å². The average Bonchev–Trinajstić information content (AvgIpc) is 0.760. The van der Waals surface area contributed by atoms with Crippen LogP contribution in [0.25, 0.3) is 11.1 Å². The predicted octanol–water partition coefficient (Wildman–Crippen LogP) is 5.63. The minimum Gasteiger partial charge on any atom is -0.508 e. The number of nitrogens with one attached hydrogen (secondary N) is 8. The number of ether oxygens (including phenoxy) is 8. The van der Waals surface area contributed by atoms with Gasteiger partial charge in [-0.1, -0.05) is 100.0 Å². The van der Waals surface area contributed by atoms with Crippen molar-refractivity contribution in [2.24, 2.45) is 11.7 Å². The van der Waals surface area contributed by atoms with Crippen molar-refractivity contribution in [2.45, 2.75) is 215 Å². The summed E-state index contributed by atoms with van der Waals surface area (Å²) in [5.74, 6) is -15.0. The third kappa shape index (κ3) is 21.5. The van der Waals surface area contributed by atoms with Gasteiger partial charge in [0.1, 0.15) is 89.5 Å². The zero-order valence-corrected chi connectivity index (χ0v) is 69.2. The third-order valence-corrected chi connectivity index (χ3v) is 22.3. The maximum Gasteiger partial charge on any atom is 0.330 e. The van der Waals surface area contributed by atoms with Crippen LogP contribution in [-0.4, -0.2) is 204 Å². The molecule has 18 unspecified atom stereocenters. The zero-order chi connectivity index (χ0) is 88.3. The summed E-state index contributed by atoms with van der Waals surface area (Å²) in [5.41, 5.74) is 2.37. The van der Waals surface area contributed by atoms with Gasteiger partial charge in [0, 0.05) is 41.3 Å². The van der Waals surface area contributed by atoms with E-state index >= 15 is 19.2 Å². The predicted molar refractivity (Wildman–Crippen MR) is 438 cm³/mol. The highest BCUT2D eigenvalue weighted by molar-refractivity contribution is 6.32. The van der Waals surface area contributed by atoms with Crippen molar-refractivity contribution in [1.29, 1.82) is 0 Å². The van der Waals surface area contributed by atoms with Gasteiger partial charge in [-0.15, -0.1) is 6.58 Å². The van der Waals surface area contributed by atoms with Crippen molar-refractivity contribution in [3.63, 3.8) is 0 Å². The smallest absolute Gasteiger partial charge is 0.330 e. The molecule has 6 aromatic carbocycles. The Kier molecular flexibility index (Phi) is 30.6. The summed E-state index contributed by atoms with van der Waals surface area (Å²) in [6.45, 7) is 12.9. The number of allylic oxidation sites excluding steroid dienone is 1. The van der Waals surface area contributed by atoms with Gasteiger partial charge in [0.2, 0.25) is 53.4 Å². The minimum atomic E-state index is -2.37. The molecule has 7 heterocycles. The average molecular weight is 1740 g/mol. The van der Waals surface area contributed by atoms with E-state index in [0.717, 1.165) is 104 Å². The number of halogens is 2. The van der Waals surface area contributed by atoms with Gasteiger partial charge in [0.05, 0.1) is 54.5 Å². The Morgan fingerprint density at radius 2 is 1.34 bits per heavy atom. The highest BCUT2D eigenvalue weighted by Crippen LogP contribution is 2.50. The van der Waals surface area contributed by atoms with E-state index < -0.39 is 237 Å². The third-order valence-electron chi connectivity index (χ3n) is 21.8. The first kappa shape index (κ1) is 92.1. The van der Waals surface area contributed by atoms with Crippen molar-refractivity contribution in [1.82, 2.24) is 42.5 Å². The number of aromatic hydroxyl groups is 3. The van der Waals surface area contributed by atoms with Crippen LogP contribution in [0.1, 0.15) is 163 Å². The summed E-state index contributed by atoms with van der Waals surface area (Å²) in [5, 5.41) is 137. The molecule has 6 aromatic rings. The molecule has 0 aliphatic carbocycles. The number of phenolic OH excluding ortho intramolecular Hbond substituents is 3. The molecule has 7 aliphatic rings. The molecule has 7 amide bonds. The highest BCUT2D eigenvalue weighted by Gasteiger charge is 2.52. The fourth-order valence-corrected chi connectivity index (χ4v) is 15.6. The summed E-state index contributed by atoms with van der Waals surface area (Å²) in [7, 11) is 1.48. The monoisotopic (exact) mass is 1740 g/mol. The second-order valence-electron chi connectivity index (χ2n) is 31.3. The zero-order valence-electron chi connectivity index (χ0n) is 67.7. The number of amides is 7. The molecule has 37 heteroatoms. The van der Waals surface area contributed by atoms with Crippen LogP contribution in [0.4, 0.5) is 0 Å². The number of fused-ring (bicyclic) bond motifs is 15. The Labute approximate surface area is 711 Å². The first-order chi connectivity index (χ1) is 58.1. The molecule has 13 rings (SSSR count). The number of rotatable bonds is 28. The van der Waals surface area contributed by atoms with Crippen molar-refractivity contribution < 1.29 is 127 Å². The first-order valence-corrected chi connectivity index (χ1v) is 40.8. The number of aliphatic carboxylic acids is 1. The summed E-state index contributed by atoms with van der Waals surface area (Å²) >= 11 is 14.3. The van der Waals surface area contributed by atoms with Crippen molar-refractivity contribution in [3.8, 4) is 68.6 Å². The molecule has 122 heavy (non-hydrogen) atoms. The number of aliphatic hydroxyl groups is 6. The number of likely N-dealkylation sites (N-methyl/N-ethyl adjacent to an activating group) is 1. The first-order valence-electron chi connectivity index (χ1n) is 40.0. The van der Waals surface area contributed by atoms with E-state index in [9.17, 15) is 70.2 Å². The number of carboxylic acids is 1. The normalized spacial score (nSPS) is 26.3. The quantitative estimate of drug-likeness (QED) is 0.0209. The number of phenols is 3. The van der Waals surface area contributed by atoms with Crippen LogP contribution in [0.2, 0.25) is 10.0 Å². The highest BCUT2D eigenvalue weighted by atomic mass is 35.5. The molecular weight excluding hydrogens is 1630 g/mol. The standard InChI is InChI=1S/C85H103Cl2N9O26/c1-8-10-12-13-15-25-115-57-21-16-41(27-58(57)116-24-14-11-9-2)37-90-85(6)36-63(117-40(5)76(85)106)121-75-73(105)72(104)61(38-97)120-84(75)122-74-59-31-45-32-60(74)119-56-23-19-44(30-50(56)87)71(103)69-82(112)94-67(83(113)114)48-33-46(98)34-54(100)64(48)47-28-42(17-20-53(47)99)65(79(109)96-69)93-80(110)66(45)92-78(108)52(35-62(88)101)91-81(111)68(95-77(107)51(89-7)26-39(3)4)70(102)43-18-22-55(118-59)49(86)29-43/h9,16-23,27-34,39-40,51-52,61,63,65-73,75-76,84,89-90,97-100,102-106H,2,8,10-15,24-26,35-38H2,1,3-7H3,(H2,88,101)(H,91,111)(H,92,108)(H,93,110)(H,94,112)(H,95,107)(H,96,109)(H,113,114). The van der Waals surface area contributed by atoms with E-state index in [-0.39, 0.29) is 52.8 Å². The van der Waals surface area contributed by atoms with E-state index in [4.69, 9.17) is 66.8 Å². The molecule has 0 spiro atoms. The molecule has 20 N–H and O–H groups in total. The molecule has 35 nitrogen and oxygen atoms in total. The van der Waals surface area contributed by atoms with Crippen molar-refractivity contribution >= 4 is 70.5 Å². The number of carbonyl (C=O) groups is 8. The van der Waals surface area contributed by atoms with Gasteiger partial charge in [-0.2, -0.15) is 0 Å². The Hall–Kier alpha value is -10.6. The van der Waals surface area contributed by atoms with Crippen molar-refractivity contribution in [3.05, 3.63) is 153 Å². The van der Waals surface area contributed by atoms with E-state index in [1.807, 2.05) is 32.0 Å². The van der Waals surface area contributed by atoms with Gasteiger partial charge >= 0.3 is 5.97 Å². The van der Waals surface area contributed by atoms with Crippen molar-refractivity contribution in [2.75, 3.05) is 26.9 Å². The number of hydrogen-bond donors (Lipinski definition) is 19. The lowest BCUT2D eigenvalue weighted by atomic mass is 9.84. The van der Waals surface area contributed by atoms with E-state index in [2.05, 4.69) is 56.0 Å².